The van der Waals surface area contributed by atoms with Crippen LogP contribution in [0.1, 0.15) is 69.4 Å². The van der Waals surface area contributed by atoms with E-state index in [1.165, 1.54) is 78.3 Å². The molecule has 0 saturated carbocycles. The third kappa shape index (κ3) is 7.21. The molecule has 3 heterocycles. The minimum Gasteiger partial charge on any atom is -0.456 e. The molecule has 0 atom stereocenters. The van der Waals surface area contributed by atoms with Crippen molar-refractivity contribution >= 4 is 96.0 Å². The van der Waals surface area contributed by atoms with Crippen molar-refractivity contribution in [2.75, 3.05) is 14.7 Å². The van der Waals surface area contributed by atoms with Crippen LogP contribution in [0.25, 0.3) is 33.1 Å². The van der Waals surface area contributed by atoms with Gasteiger partial charge in [0, 0.05) is 56.4 Å². The number of anilines is 9. The second kappa shape index (κ2) is 16.2. The van der Waals surface area contributed by atoms with Crippen molar-refractivity contribution in [1.29, 1.82) is 0 Å². The van der Waals surface area contributed by atoms with Gasteiger partial charge in [-0.2, -0.15) is 0 Å². The summed E-state index contributed by atoms with van der Waals surface area (Å²) in [5, 5.41) is 3.44. The van der Waals surface area contributed by atoms with E-state index in [0.29, 0.717) is 0 Å². The Bertz CT molecular complexity index is 3630. The van der Waals surface area contributed by atoms with Crippen molar-refractivity contribution in [2.24, 2.45) is 0 Å². The van der Waals surface area contributed by atoms with Gasteiger partial charge in [-0.3, -0.25) is 0 Å². The van der Waals surface area contributed by atoms with Crippen molar-refractivity contribution in [1.82, 2.24) is 0 Å². The zero-order valence-corrected chi connectivity index (χ0v) is 41.7. The van der Waals surface area contributed by atoms with E-state index in [9.17, 15) is 0 Å². The Balaban J connectivity index is 1.09. The van der Waals surface area contributed by atoms with E-state index < -0.39 is 0 Å². The van der Waals surface area contributed by atoms with E-state index >= 15 is 0 Å². The Hall–Kier alpha value is -7.76. The minimum atomic E-state index is -0.0543. The lowest BCUT2D eigenvalue weighted by atomic mass is 9.33. The van der Waals surface area contributed by atoms with E-state index in [1.54, 1.807) is 0 Å². The number of furan rings is 1. The first-order valence-electron chi connectivity index (χ1n) is 24.8. The van der Waals surface area contributed by atoms with Crippen molar-refractivity contribution < 1.29 is 4.42 Å². The van der Waals surface area contributed by atoms with Gasteiger partial charge in [0.2, 0.25) is 0 Å². The Kier molecular flexibility index (Phi) is 10.1. The molecule has 5 heteroatoms. The molecule has 0 radical (unpaired) electrons. The molecule has 1 aromatic heterocycles. The van der Waals surface area contributed by atoms with Crippen molar-refractivity contribution in [3.05, 3.63) is 216 Å². The Morgan fingerprint density at radius 3 is 1.77 bits per heavy atom. The van der Waals surface area contributed by atoms with Crippen molar-refractivity contribution in [2.45, 2.75) is 73.1 Å². The maximum absolute atomic E-state index is 6.31. The summed E-state index contributed by atoms with van der Waals surface area (Å²) in [6, 6.07) is 70.1. The summed E-state index contributed by atoms with van der Waals surface area (Å²) >= 11 is 0. The van der Waals surface area contributed by atoms with Crippen LogP contribution in [0.15, 0.2) is 192 Å². The van der Waals surface area contributed by atoms with Gasteiger partial charge in [-0.15, -0.1) is 0 Å². The highest BCUT2D eigenvalue weighted by molar-refractivity contribution is 7.00. The van der Waals surface area contributed by atoms with Crippen LogP contribution >= 0.6 is 0 Å². The highest BCUT2D eigenvalue weighted by Crippen LogP contribution is 2.48. The molecule has 0 fully saturated rings. The van der Waals surface area contributed by atoms with E-state index in [4.69, 9.17) is 4.42 Å². The summed E-state index contributed by atoms with van der Waals surface area (Å²) in [7, 11) is 0. The van der Waals surface area contributed by atoms with Crippen LogP contribution in [0.2, 0.25) is 0 Å². The maximum Gasteiger partial charge on any atom is 0.252 e. The van der Waals surface area contributed by atoms with Crippen LogP contribution in [-0.2, 0) is 10.8 Å². The van der Waals surface area contributed by atoms with Gasteiger partial charge in [0.25, 0.3) is 6.71 Å². The lowest BCUT2D eigenvalue weighted by Gasteiger charge is -2.45. The number of para-hydroxylation sites is 3. The zero-order valence-electron chi connectivity index (χ0n) is 41.7. The smallest absolute Gasteiger partial charge is 0.252 e. The average Bonchev–Trinajstić information content (AvgIpc) is 3.79. The summed E-state index contributed by atoms with van der Waals surface area (Å²) in [6.07, 6.45) is 0. The first kappa shape index (κ1) is 43.5. The average molecular weight is 908 g/mol. The molecule has 2 aliphatic rings. The largest absolute Gasteiger partial charge is 0.456 e. The third-order valence-electron chi connectivity index (χ3n) is 14.8. The first-order valence-corrected chi connectivity index (χ1v) is 24.8. The molecule has 0 saturated heterocycles. The number of aryl methyl sites for hydroxylation is 3. The Labute approximate surface area is 413 Å². The van der Waals surface area contributed by atoms with Gasteiger partial charge in [-0.05, 0) is 178 Å². The van der Waals surface area contributed by atoms with Crippen LogP contribution in [0.4, 0.5) is 51.2 Å². The molecule has 0 bridgehead atoms. The standard InChI is InChI=1S/C65H58BN3O/c1-41-34-58-62-59(35-41)69(63-42(2)16-15-17-43(63)3)57-33-31-53(40-55(57)66(62)54-39-49(65(7,8)9)27-32-56(54)68(58)51-29-25-48(26-30-51)64(4,5)6)67(50-19-11-10-12-20-50)52-28-24-44-36-47(23-22-45(44)37-52)61-38-46-18-13-14-21-60(46)70-61/h10-40H,1-9H3. The number of fused-ring (bicyclic) bond motifs is 6. The van der Waals surface area contributed by atoms with Gasteiger partial charge in [0.15, 0.2) is 0 Å². The number of hydrogen-bond acceptors (Lipinski definition) is 4. The van der Waals surface area contributed by atoms with E-state index in [2.05, 4.69) is 253 Å². The van der Waals surface area contributed by atoms with Gasteiger partial charge >= 0.3 is 0 Å². The molecule has 0 aliphatic carbocycles. The fourth-order valence-corrected chi connectivity index (χ4v) is 11.2. The SMILES string of the molecule is Cc1cc2c3c(c1)N(c1c(C)cccc1C)c1ccc(N(c4ccccc4)c4ccc5cc(-c6cc7ccccc7o6)ccc5c4)cc1B3c1cc(C(C)(C)C)ccc1N2c1ccc(C(C)(C)C)cc1. The summed E-state index contributed by atoms with van der Waals surface area (Å²) in [5.41, 5.74) is 22.8. The topological polar surface area (TPSA) is 22.9 Å². The van der Waals surface area contributed by atoms with E-state index in [-0.39, 0.29) is 17.5 Å². The summed E-state index contributed by atoms with van der Waals surface area (Å²) in [5.74, 6) is 0.877. The number of nitrogens with zero attached hydrogens (tertiary/aromatic N) is 3. The second-order valence-electron chi connectivity index (χ2n) is 21.7. The van der Waals surface area contributed by atoms with Crippen LogP contribution in [0.5, 0.6) is 0 Å². The predicted molar refractivity (Wildman–Crippen MR) is 299 cm³/mol. The molecule has 10 aromatic rings. The molecule has 0 amide bonds. The predicted octanol–water partition coefficient (Wildman–Crippen LogP) is 16.3. The quantitative estimate of drug-likeness (QED) is 0.155. The summed E-state index contributed by atoms with van der Waals surface area (Å²) in [4.78, 5) is 7.55. The lowest BCUT2D eigenvalue weighted by Crippen LogP contribution is -2.61. The molecular weight excluding hydrogens is 850 g/mol. The van der Waals surface area contributed by atoms with Gasteiger partial charge in [-0.1, -0.05) is 139 Å². The Morgan fingerprint density at radius 1 is 0.443 bits per heavy atom. The van der Waals surface area contributed by atoms with Crippen molar-refractivity contribution in [3.8, 4) is 11.3 Å². The van der Waals surface area contributed by atoms with Crippen LogP contribution < -0.4 is 31.1 Å². The highest BCUT2D eigenvalue weighted by Gasteiger charge is 2.44. The van der Waals surface area contributed by atoms with Gasteiger partial charge in [0.05, 0.1) is 5.69 Å². The Morgan fingerprint density at radius 2 is 1.04 bits per heavy atom. The summed E-state index contributed by atoms with van der Waals surface area (Å²) in [6.45, 7) is 20.6. The third-order valence-corrected chi connectivity index (χ3v) is 14.8. The number of hydrogen-bond donors (Lipinski definition) is 0. The molecule has 9 aromatic carbocycles. The molecule has 4 nitrogen and oxygen atoms in total. The van der Waals surface area contributed by atoms with E-state index in [0.717, 1.165) is 50.1 Å². The lowest BCUT2D eigenvalue weighted by molar-refractivity contribution is 0.590. The molecule has 0 unspecified atom stereocenters. The molecule has 342 valence electrons. The highest BCUT2D eigenvalue weighted by atomic mass is 16.3. The summed E-state index contributed by atoms with van der Waals surface area (Å²) < 4.78 is 6.31. The van der Waals surface area contributed by atoms with Crippen molar-refractivity contribution in [3.63, 3.8) is 0 Å². The number of benzene rings is 9. The normalized spacial score (nSPS) is 13.1. The first-order chi connectivity index (χ1) is 33.7. The van der Waals surface area contributed by atoms with Gasteiger partial charge in [0.1, 0.15) is 11.3 Å². The minimum absolute atomic E-state index is 0.0428. The maximum atomic E-state index is 6.31. The molecule has 70 heavy (non-hydrogen) atoms. The van der Waals surface area contributed by atoms with Crippen LogP contribution in [-0.4, -0.2) is 6.71 Å². The zero-order chi connectivity index (χ0) is 48.2. The monoisotopic (exact) mass is 907 g/mol. The molecule has 0 spiro atoms. The van der Waals surface area contributed by atoms with Crippen LogP contribution in [0, 0.1) is 20.8 Å². The molecule has 0 N–H and O–H groups in total. The molecule has 12 rings (SSSR count). The number of rotatable bonds is 6. The van der Waals surface area contributed by atoms with Gasteiger partial charge in [-0.25, -0.2) is 0 Å². The fourth-order valence-electron chi connectivity index (χ4n) is 11.2. The van der Waals surface area contributed by atoms with Crippen LogP contribution in [0.3, 0.4) is 0 Å². The van der Waals surface area contributed by atoms with Gasteiger partial charge < -0.3 is 19.1 Å². The van der Waals surface area contributed by atoms with E-state index in [1.807, 2.05) is 12.1 Å². The molecule has 2 aliphatic heterocycles. The fraction of sp³-hybridized carbons (Fsp3) is 0.169. The second-order valence-corrected chi connectivity index (χ2v) is 21.7. The molecular formula is C65H58BN3O.